The monoisotopic (exact) mass is 423 g/mol. The number of benzene rings is 3. The summed E-state index contributed by atoms with van der Waals surface area (Å²) in [6, 6.07) is 17.7. The average Bonchev–Trinajstić information content (AvgIpc) is 3.07. The van der Waals surface area contributed by atoms with Crippen LogP contribution in [0, 0.1) is 11.6 Å². The van der Waals surface area contributed by atoms with E-state index < -0.39 is 36.2 Å². The molecule has 0 bridgehead atoms. The molecule has 1 amide bonds. The molecule has 0 heterocycles. The average molecular weight is 423 g/mol. The summed E-state index contributed by atoms with van der Waals surface area (Å²) < 4.78 is 32.2. The minimum atomic E-state index is -1.20. The molecule has 3 aromatic carbocycles. The number of halogens is 2. The maximum atomic E-state index is 13.6. The van der Waals surface area contributed by atoms with Crippen LogP contribution in [-0.2, 0) is 9.53 Å². The number of nitrogens with one attached hydrogen (secondary N) is 1. The number of hydrogen-bond acceptors (Lipinski definition) is 3. The largest absolute Gasteiger partial charge is 0.481 e. The molecule has 3 aromatic rings. The Bertz CT molecular complexity index is 1100. The first kappa shape index (κ1) is 20.5. The van der Waals surface area contributed by atoms with Crippen LogP contribution in [0.25, 0.3) is 11.1 Å². The molecular formula is C24H19F2NO4. The topological polar surface area (TPSA) is 75.6 Å². The molecule has 0 fully saturated rings. The second-order valence-electron chi connectivity index (χ2n) is 7.29. The van der Waals surface area contributed by atoms with E-state index in [0.717, 1.165) is 34.4 Å². The van der Waals surface area contributed by atoms with Crippen LogP contribution in [0.2, 0.25) is 0 Å². The summed E-state index contributed by atoms with van der Waals surface area (Å²) in [6.07, 6.45) is -1.34. The molecule has 7 heteroatoms. The standard InChI is InChI=1S/C24H19F2NO4/c25-20-10-9-14(11-21(20)26)22(12-23(28)29)27-24(30)31-13-19-17-7-3-1-5-15(17)16-6-2-4-8-18(16)19/h1-11,19,22H,12-13H2,(H,27,30)(H,28,29)/t22-/m1/s1. The SMILES string of the molecule is O=C(O)C[C@@H](NC(=O)OCC1c2ccccc2-c2ccccc21)c1ccc(F)c(F)c1. The van der Waals surface area contributed by atoms with E-state index in [0.29, 0.717) is 0 Å². The van der Waals surface area contributed by atoms with Gasteiger partial charge in [-0.25, -0.2) is 13.6 Å². The number of carboxylic acids is 1. The lowest BCUT2D eigenvalue weighted by molar-refractivity contribution is -0.137. The predicted molar refractivity (Wildman–Crippen MR) is 110 cm³/mol. The number of alkyl carbamates (subject to hydrolysis) is 1. The molecule has 0 spiro atoms. The fourth-order valence-electron chi connectivity index (χ4n) is 3.94. The fraction of sp³-hybridized carbons (Fsp3) is 0.167. The molecule has 0 unspecified atom stereocenters. The van der Waals surface area contributed by atoms with Gasteiger partial charge in [-0.15, -0.1) is 0 Å². The van der Waals surface area contributed by atoms with Crippen molar-refractivity contribution in [3.63, 3.8) is 0 Å². The number of aliphatic carboxylic acids is 1. The normalized spacial score (nSPS) is 13.2. The Hall–Kier alpha value is -3.74. The second-order valence-corrected chi connectivity index (χ2v) is 7.29. The third kappa shape index (κ3) is 4.26. The molecule has 0 saturated heterocycles. The molecule has 1 atom stereocenters. The Balaban J connectivity index is 1.49. The van der Waals surface area contributed by atoms with Crippen molar-refractivity contribution in [2.45, 2.75) is 18.4 Å². The van der Waals surface area contributed by atoms with Crippen molar-refractivity contribution in [1.29, 1.82) is 0 Å². The Morgan fingerprint density at radius 1 is 0.935 bits per heavy atom. The van der Waals surface area contributed by atoms with E-state index in [4.69, 9.17) is 9.84 Å². The van der Waals surface area contributed by atoms with E-state index in [-0.39, 0.29) is 18.1 Å². The van der Waals surface area contributed by atoms with Crippen molar-refractivity contribution in [1.82, 2.24) is 5.32 Å². The zero-order chi connectivity index (χ0) is 22.0. The lowest BCUT2D eigenvalue weighted by Gasteiger charge is -2.19. The minimum Gasteiger partial charge on any atom is -0.481 e. The van der Waals surface area contributed by atoms with Crippen LogP contribution in [-0.4, -0.2) is 23.8 Å². The third-order valence-corrected chi connectivity index (χ3v) is 5.36. The fourth-order valence-corrected chi connectivity index (χ4v) is 3.94. The van der Waals surface area contributed by atoms with Crippen molar-refractivity contribution in [2.24, 2.45) is 0 Å². The van der Waals surface area contributed by atoms with E-state index in [2.05, 4.69) is 5.32 Å². The molecule has 0 aromatic heterocycles. The van der Waals surface area contributed by atoms with Gasteiger partial charge in [-0.2, -0.15) is 0 Å². The molecule has 5 nitrogen and oxygen atoms in total. The lowest BCUT2D eigenvalue weighted by Crippen LogP contribution is -2.31. The number of amides is 1. The second kappa shape index (κ2) is 8.55. The van der Waals surface area contributed by atoms with Gasteiger partial charge >= 0.3 is 12.1 Å². The van der Waals surface area contributed by atoms with Gasteiger partial charge in [0, 0.05) is 5.92 Å². The van der Waals surface area contributed by atoms with Crippen LogP contribution in [0.1, 0.15) is 35.1 Å². The van der Waals surface area contributed by atoms with Gasteiger partial charge in [-0.1, -0.05) is 54.6 Å². The van der Waals surface area contributed by atoms with Crippen molar-refractivity contribution in [3.05, 3.63) is 95.1 Å². The summed E-state index contributed by atoms with van der Waals surface area (Å²) in [5, 5.41) is 11.6. The molecular weight excluding hydrogens is 404 g/mol. The number of ether oxygens (including phenoxy) is 1. The number of carbonyl (C=O) groups excluding carboxylic acids is 1. The van der Waals surface area contributed by atoms with Crippen LogP contribution in [0.5, 0.6) is 0 Å². The molecule has 0 aliphatic heterocycles. The predicted octanol–water partition coefficient (Wildman–Crippen LogP) is 5.02. The molecule has 158 valence electrons. The summed E-state index contributed by atoms with van der Waals surface area (Å²) in [7, 11) is 0. The summed E-state index contributed by atoms with van der Waals surface area (Å²) in [5.41, 5.74) is 4.38. The van der Waals surface area contributed by atoms with Gasteiger partial charge in [0.15, 0.2) is 11.6 Å². The lowest BCUT2D eigenvalue weighted by atomic mass is 9.98. The highest BCUT2D eigenvalue weighted by Crippen LogP contribution is 2.44. The highest BCUT2D eigenvalue weighted by atomic mass is 19.2. The van der Waals surface area contributed by atoms with Gasteiger partial charge in [0.05, 0.1) is 12.5 Å². The van der Waals surface area contributed by atoms with Gasteiger partial charge in [-0.3, -0.25) is 4.79 Å². The molecule has 1 aliphatic carbocycles. The number of carbonyl (C=O) groups is 2. The van der Waals surface area contributed by atoms with E-state index in [1.807, 2.05) is 48.5 Å². The van der Waals surface area contributed by atoms with Crippen LogP contribution in [0.3, 0.4) is 0 Å². The molecule has 1 aliphatic rings. The van der Waals surface area contributed by atoms with Gasteiger partial charge in [0.2, 0.25) is 0 Å². The summed E-state index contributed by atoms with van der Waals surface area (Å²) in [5.74, 6) is -3.53. The number of hydrogen-bond donors (Lipinski definition) is 2. The van der Waals surface area contributed by atoms with Gasteiger partial charge in [-0.05, 0) is 39.9 Å². The van der Waals surface area contributed by atoms with Crippen molar-refractivity contribution in [2.75, 3.05) is 6.61 Å². The number of rotatable bonds is 6. The Kier molecular flexibility index (Phi) is 5.66. The maximum Gasteiger partial charge on any atom is 0.407 e. The van der Waals surface area contributed by atoms with Crippen LogP contribution >= 0.6 is 0 Å². The minimum absolute atomic E-state index is 0.0530. The van der Waals surface area contributed by atoms with E-state index in [1.54, 1.807) is 0 Å². The van der Waals surface area contributed by atoms with E-state index in [1.165, 1.54) is 6.07 Å². The van der Waals surface area contributed by atoms with Crippen LogP contribution in [0.4, 0.5) is 13.6 Å². The third-order valence-electron chi connectivity index (χ3n) is 5.36. The zero-order valence-corrected chi connectivity index (χ0v) is 16.3. The first-order chi connectivity index (χ1) is 14.9. The summed E-state index contributed by atoms with van der Waals surface area (Å²) in [6.45, 7) is 0.0530. The number of fused-ring (bicyclic) bond motifs is 3. The Morgan fingerprint density at radius 3 is 2.13 bits per heavy atom. The maximum absolute atomic E-state index is 13.6. The zero-order valence-electron chi connectivity index (χ0n) is 16.3. The van der Waals surface area contributed by atoms with Crippen LogP contribution in [0.15, 0.2) is 66.7 Å². The Morgan fingerprint density at radius 2 is 1.55 bits per heavy atom. The molecule has 0 saturated carbocycles. The van der Waals surface area contributed by atoms with Gasteiger partial charge in [0.25, 0.3) is 0 Å². The quantitative estimate of drug-likeness (QED) is 0.584. The molecule has 4 rings (SSSR count). The summed E-state index contributed by atoms with van der Waals surface area (Å²) >= 11 is 0. The molecule has 2 N–H and O–H groups in total. The molecule has 31 heavy (non-hydrogen) atoms. The highest BCUT2D eigenvalue weighted by Gasteiger charge is 2.29. The first-order valence-electron chi connectivity index (χ1n) is 9.72. The smallest absolute Gasteiger partial charge is 0.407 e. The van der Waals surface area contributed by atoms with E-state index in [9.17, 15) is 18.4 Å². The highest BCUT2D eigenvalue weighted by molar-refractivity contribution is 5.79. The van der Waals surface area contributed by atoms with Crippen molar-refractivity contribution >= 4 is 12.1 Å². The first-order valence-corrected chi connectivity index (χ1v) is 9.72. The van der Waals surface area contributed by atoms with Gasteiger partial charge in [0.1, 0.15) is 6.61 Å². The molecule has 0 radical (unpaired) electrons. The van der Waals surface area contributed by atoms with Crippen molar-refractivity contribution < 1.29 is 28.2 Å². The van der Waals surface area contributed by atoms with Crippen LogP contribution < -0.4 is 5.32 Å². The Labute approximate surface area is 177 Å². The summed E-state index contributed by atoms with van der Waals surface area (Å²) in [4.78, 5) is 23.6. The van der Waals surface area contributed by atoms with Crippen molar-refractivity contribution in [3.8, 4) is 11.1 Å². The van der Waals surface area contributed by atoms with E-state index >= 15 is 0 Å². The number of carboxylic acid groups (broad SMARTS) is 1. The van der Waals surface area contributed by atoms with Gasteiger partial charge < -0.3 is 15.2 Å².